The highest BCUT2D eigenvalue weighted by Crippen LogP contribution is 2.39. The van der Waals surface area contributed by atoms with Crippen molar-refractivity contribution in [1.29, 1.82) is 0 Å². The van der Waals surface area contributed by atoms with Crippen molar-refractivity contribution in [1.82, 2.24) is 24.5 Å². The zero-order chi connectivity index (χ0) is 41.7. The lowest BCUT2D eigenvalue weighted by atomic mass is 9.92. The number of hydrogen-bond acceptors (Lipinski definition) is 4. The summed E-state index contributed by atoms with van der Waals surface area (Å²) in [4.78, 5) is 20.4. The van der Waals surface area contributed by atoms with E-state index in [2.05, 4.69) is 193 Å². The lowest BCUT2D eigenvalue weighted by Crippen LogP contribution is -2.01. The fourth-order valence-corrected chi connectivity index (χ4v) is 9.05. The van der Waals surface area contributed by atoms with Crippen LogP contribution in [0, 0.1) is 0 Å². The maximum Gasteiger partial charge on any atom is 0.164 e. The third kappa shape index (κ3) is 6.42. The monoisotopic (exact) mass is 803 g/mol. The van der Waals surface area contributed by atoms with Crippen LogP contribution < -0.4 is 0 Å². The zero-order valence-electron chi connectivity index (χ0n) is 34.1. The van der Waals surface area contributed by atoms with Crippen LogP contribution in [0.4, 0.5) is 0 Å². The van der Waals surface area contributed by atoms with E-state index in [1.165, 1.54) is 21.7 Å². The maximum absolute atomic E-state index is 5.15. The Morgan fingerprint density at radius 3 is 1.40 bits per heavy atom. The average Bonchev–Trinajstić information content (AvgIpc) is 3.71. The first kappa shape index (κ1) is 36.3. The van der Waals surface area contributed by atoms with Crippen LogP contribution in [0.15, 0.2) is 224 Å². The molecular weight excluding hydrogens is 767 g/mol. The third-order valence-corrected chi connectivity index (χ3v) is 12.1. The lowest BCUT2D eigenvalue weighted by molar-refractivity contribution is 1.07. The molecule has 12 rings (SSSR count). The lowest BCUT2D eigenvalue weighted by Gasteiger charge is -2.14. The highest BCUT2D eigenvalue weighted by molar-refractivity contribution is 6.17. The molecule has 63 heavy (non-hydrogen) atoms. The second-order valence-electron chi connectivity index (χ2n) is 15.8. The van der Waals surface area contributed by atoms with E-state index in [4.69, 9.17) is 19.9 Å². The van der Waals surface area contributed by atoms with Gasteiger partial charge in [0, 0.05) is 54.9 Å². The van der Waals surface area contributed by atoms with Gasteiger partial charge in [0.15, 0.2) is 17.5 Å². The Morgan fingerprint density at radius 1 is 0.286 bits per heavy atom. The summed E-state index contributed by atoms with van der Waals surface area (Å²) < 4.78 is 2.32. The highest BCUT2D eigenvalue weighted by Gasteiger charge is 2.17. The summed E-state index contributed by atoms with van der Waals surface area (Å²) in [6, 6.07) is 78.7. The second-order valence-corrected chi connectivity index (χ2v) is 15.8. The van der Waals surface area contributed by atoms with Gasteiger partial charge in [0.2, 0.25) is 0 Å². The molecule has 0 atom stereocenters. The topological polar surface area (TPSA) is 56.5 Å². The molecule has 0 fully saturated rings. The predicted octanol–water partition coefficient (Wildman–Crippen LogP) is 14.7. The van der Waals surface area contributed by atoms with Crippen LogP contribution in [0.3, 0.4) is 0 Å². The highest BCUT2D eigenvalue weighted by atomic mass is 15.0. The molecule has 9 aromatic carbocycles. The Labute approximate surface area is 364 Å². The van der Waals surface area contributed by atoms with Crippen LogP contribution in [0.1, 0.15) is 0 Å². The van der Waals surface area contributed by atoms with Crippen molar-refractivity contribution in [3.63, 3.8) is 0 Å². The van der Waals surface area contributed by atoms with Crippen molar-refractivity contribution < 1.29 is 0 Å². The summed E-state index contributed by atoms with van der Waals surface area (Å²) in [6.45, 7) is 0. The minimum absolute atomic E-state index is 0.619. The molecule has 0 aliphatic rings. The van der Waals surface area contributed by atoms with Gasteiger partial charge in [-0.15, -0.1) is 0 Å². The molecule has 294 valence electrons. The number of para-hydroxylation sites is 3. The number of rotatable bonds is 7. The van der Waals surface area contributed by atoms with Crippen molar-refractivity contribution in [3.05, 3.63) is 224 Å². The van der Waals surface area contributed by atoms with E-state index in [9.17, 15) is 0 Å². The quantitative estimate of drug-likeness (QED) is 0.151. The van der Waals surface area contributed by atoms with Crippen LogP contribution in [-0.2, 0) is 0 Å². The summed E-state index contributed by atoms with van der Waals surface area (Å²) >= 11 is 0. The molecule has 12 aromatic rings. The molecule has 5 nitrogen and oxygen atoms in total. The Kier molecular flexibility index (Phi) is 8.75. The van der Waals surface area contributed by atoms with E-state index >= 15 is 0 Å². The molecule has 0 aliphatic carbocycles. The van der Waals surface area contributed by atoms with Crippen molar-refractivity contribution in [3.8, 4) is 73.4 Å². The summed E-state index contributed by atoms with van der Waals surface area (Å²) in [6.07, 6.45) is 0. The fraction of sp³-hybridized carbons (Fsp3) is 0. The molecular formula is C58H37N5. The SMILES string of the molecule is c1ccc(-c2nc(-c3ccc(-c4ccc(-c5cccc6c(-c7ccccc7)nc7ccccc7c56)cc4)cc3)nc(-c3cccc(-n4c5ccccc5c5ccccc54)c3)n2)cc1. The van der Waals surface area contributed by atoms with Crippen LogP contribution in [-0.4, -0.2) is 24.5 Å². The number of aromatic nitrogens is 5. The first-order chi connectivity index (χ1) is 31.2. The molecule has 0 amide bonds. The normalized spacial score (nSPS) is 11.5. The molecule has 0 radical (unpaired) electrons. The molecule has 0 unspecified atom stereocenters. The second kappa shape index (κ2) is 15.2. The summed E-state index contributed by atoms with van der Waals surface area (Å²) in [5, 5.41) is 5.95. The molecule has 0 saturated heterocycles. The van der Waals surface area contributed by atoms with Gasteiger partial charge < -0.3 is 4.57 Å². The molecule has 0 spiro atoms. The van der Waals surface area contributed by atoms with Gasteiger partial charge >= 0.3 is 0 Å². The first-order valence-electron chi connectivity index (χ1n) is 21.2. The molecule has 3 heterocycles. The van der Waals surface area contributed by atoms with E-state index in [0.717, 1.165) is 77.6 Å². The smallest absolute Gasteiger partial charge is 0.164 e. The van der Waals surface area contributed by atoms with E-state index in [1.807, 2.05) is 36.4 Å². The van der Waals surface area contributed by atoms with E-state index in [0.29, 0.717) is 17.5 Å². The van der Waals surface area contributed by atoms with Crippen molar-refractivity contribution >= 4 is 43.5 Å². The van der Waals surface area contributed by atoms with Crippen LogP contribution in [0.25, 0.3) is 117 Å². The Balaban J connectivity index is 0.905. The fourth-order valence-electron chi connectivity index (χ4n) is 9.05. The largest absolute Gasteiger partial charge is 0.309 e. The van der Waals surface area contributed by atoms with Gasteiger partial charge in [-0.3, -0.25) is 0 Å². The Bertz CT molecular complexity index is 3600. The van der Waals surface area contributed by atoms with Crippen molar-refractivity contribution in [2.75, 3.05) is 0 Å². The summed E-state index contributed by atoms with van der Waals surface area (Å²) in [7, 11) is 0. The van der Waals surface area contributed by atoms with Gasteiger partial charge in [0.05, 0.1) is 22.2 Å². The summed E-state index contributed by atoms with van der Waals surface area (Å²) in [5.74, 6) is 1.87. The molecule has 0 N–H and O–H groups in total. The van der Waals surface area contributed by atoms with E-state index in [-0.39, 0.29) is 0 Å². The molecule has 0 saturated carbocycles. The average molecular weight is 804 g/mol. The Morgan fingerprint density at radius 2 is 0.746 bits per heavy atom. The summed E-state index contributed by atoms with van der Waals surface area (Å²) in [5.41, 5.74) is 13.8. The number of pyridine rings is 1. The molecule has 0 aliphatic heterocycles. The number of nitrogens with zero attached hydrogens (tertiary/aromatic N) is 5. The molecule has 0 bridgehead atoms. The van der Waals surface area contributed by atoms with Crippen molar-refractivity contribution in [2.45, 2.75) is 0 Å². The molecule has 5 heteroatoms. The number of benzene rings is 9. The minimum Gasteiger partial charge on any atom is -0.309 e. The van der Waals surface area contributed by atoms with E-state index in [1.54, 1.807) is 0 Å². The maximum atomic E-state index is 5.15. The first-order valence-corrected chi connectivity index (χ1v) is 21.2. The van der Waals surface area contributed by atoms with Crippen LogP contribution in [0.2, 0.25) is 0 Å². The van der Waals surface area contributed by atoms with Crippen molar-refractivity contribution in [2.24, 2.45) is 0 Å². The third-order valence-electron chi connectivity index (χ3n) is 12.1. The van der Waals surface area contributed by atoms with Gasteiger partial charge in [-0.05, 0) is 52.6 Å². The van der Waals surface area contributed by atoms with Gasteiger partial charge in [-0.2, -0.15) is 0 Å². The van der Waals surface area contributed by atoms with Crippen LogP contribution in [0.5, 0.6) is 0 Å². The van der Waals surface area contributed by atoms with Gasteiger partial charge in [0.25, 0.3) is 0 Å². The van der Waals surface area contributed by atoms with Gasteiger partial charge in [-0.25, -0.2) is 19.9 Å². The van der Waals surface area contributed by atoms with E-state index < -0.39 is 0 Å². The van der Waals surface area contributed by atoms with Gasteiger partial charge in [0.1, 0.15) is 0 Å². The number of fused-ring (bicyclic) bond motifs is 6. The van der Waals surface area contributed by atoms with Crippen LogP contribution >= 0.6 is 0 Å². The van der Waals surface area contributed by atoms with Gasteiger partial charge in [-0.1, -0.05) is 194 Å². The minimum atomic E-state index is 0.619. The Hall–Kier alpha value is -8.54. The standard InChI is InChI=1S/C58H37N5/c1-3-15-41(16-4-1)55-50-25-14-24-46(54(50)49-23-7-10-26-51(49)59-55)40-33-29-38(30-34-40)39-31-35-43(36-32-39)57-60-56(42-17-5-2-6-18-42)61-58(62-57)44-19-13-20-45(37-44)63-52-27-11-8-21-47(52)48-22-9-12-28-53(48)63/h1-37H. The molecule has 3 aromatic heterocycles. The number of hydrogen-bond donors (Lipinski definition) is 0. The zero-order valence-corrected chi connectivity index (χ0v) is 34.1. The predicted molar refractivity (Wildman–Crippen MR) is 260 cm³/mol.